The van der Waals surface area contributed by atoms with Crippen molar-refractivity contribution in [1.29, 1.82) is 0 Å². The third-order valence-corrected chi connectivity index (χ3v) is 6.49. The van der Waals surface area contributed by atoms with Gasteiger partial charge in [-0.15, -0.1) is 0 Å². The molecule has 0 radical (unpaired) electrons. The highest BCUT2D eigenvalue weighted by Crippen LogP contribution is 2.47. The number of benzene rings is 2. The van der Waals surface area contributed by atoms with Gasteiger partial charge in [0.25, 0.3) is 0 Å². The molecule has 2 heterocycles. The van der Waals surface area contributed by atoms with E-state index in [2.05, 4.69) is 17.1 Å². The molecule has 146 valence electrons. The van der Waals surface area contributed by atoms with Crippen LogP contribution >= 0.6 is 11.6 Å². The molecule has 1 saturated carbocycles. The minimum atomic E-state index is 0.00900. The average molecular weight is 397 g/mol. The van der Waals surface area contributed by atoms with Crippen LogP contribution in [0.15, 0.2) is 47.6 Å². The molecule has 0 aromatic heterocycles. The van der Waals surface area contributed by atoms with Gasteiger partial charge in [0.2, 0.25) is 0 Å². The number of fused-ring (bicyclic) bond motifs is 3. The summed E-state index contributed by atoms with van der Waals surface area (Å²) in [6.45, 7) is 0. The maximum Gasteiger partial charge on any atom is 0.190 e. The molecular weight excluding hydrogens is 372 g/mol. The van der Waals surface area contributed by atoms with Crippen molar-refractivity contribution in [3.05, 3.63) is 58.6 Å². The fourth-order valence-electron chi connectivity index (χ4n) is 4.77. The van der Waals surface area contributed by atoms with Gasteiger partial charge in [0, 0.05) is 22.9 Å². The summed E-state index contributed by atoms with van der Waals surface area (Å²) in [6, 6.07) is 14.3. The van der Waals surface area contributed by atoms with Crippen LogP contribution in [0.2, 0.25) is 5.02 Å². The Morgan fingerprint density at radius 1 is 1.07 bits per heavy atom. The number of hydrogen-bond donors (Lipinski definition) is 0. The lowest BCUT2D eigenvalue weighted by Crippen LogP contribution is -2.45. The summed E-state index contributed by atoms with van der Waals surface area (Å²) >= 11 is 6.31. The minimum Gasteiger partial charge on any atom is -0.497 e. The smallest absolute Gasteiger partial charge is 0.190 e. The van der Waals surface area contributed by atoms with Crippen molar-refractivity contribution >= 4 is 17.3 Å². The molecule has 5 heteroatoms. The van der Waals surface area contributed by atoms with Crippen molar-refractivity contribution in [3.63, 3.8) is 0 Å². The molecule has 0 amide bonds. The second-order valence-electron chi connectivity index (χ2n) is 7.96. The van der Waals surface area contributed by atoms with Crippen molar-refractivity contribution < 1.29 is 9.47 Å². The van der Waals surface area contributed by atoms with Crippen LogP contribution in [0.1, 0.15) is 55.7 Å². The van der Waals surface area contributed by atoms with E-state index in [1.54, 1.807) is 7.11 Å². The Kier molecular flexibility index (Phi) is 4.67. The fraction of sp³-hybridized carbons (Fsp3) is 0.435. The first-order chi connectivity index (χ1) is 13.7. The number of halogens is 1. The maximum atomic E-state index is 6.50. The van der Waals surface area contributed by atoms with E-state index >= 15 is 0 Å². The van der Waals surface area contributed by atoms with Crippen LogP contribution in [0.4, 0.5) is 0 Å². The minimum absolute atomic E-state index is 0.00900. The molecule has 0 N–H and O–H groups in total. The van der Waals surface area contributed by atoms with Gasteiger partial charge in [0.05, 0.1) is 18.9 Å². The van der Waals surface area contributed by atoms with E-state index in [9.17, 15) is 0 Å². The quantitative estimate of drug-likeness (QED) is 0.657. The number of methoxy groups -OCH3 is 1. The summed E-state index contributed by atoms with van der Waals surface area (Å²) in [7, 11) is 1.69. The normalized spacial score (nSPS) is 24.2. The first kappa shape index (κ1) is 17.9. The van der Waals surface area contributed by atoms with E-state index in [0.29, 0.717) is 5.92 Å². The molecule has 4 nitrogen and oxygen atoms in total. The van der Waals surface area contributed by atoms with E-state index in [1.165, 1.54) is 32.1 Å². The average Bonchev–Trinajstić information content (AvgIpc) is 3.20. The Balaban J connectivity index is 1.51. The molecule has 1 fully saturated rings. The van der Waals surface area contributed by atoms with Gasteiger partial charge in [-0.25, -0.2) is 5.01 Å². The van der Waals surface area contributed by atoms with Crippen LogP contribution in [0.5, 0.6) is 11.5 Å². The second kappa shape index (κ2) is 7.32. The lowest BCUT2D eigenvalue weighted by molar-refractivity contribution is -0.0643. The van der Waals surface area contributed by atoms with Crippen molar-refractivity contribution in [1.82, 2.24) is 5.01 Å². The molecule has 2 atom stereocenters. The predicted molar refractivity (Wildman–Crippen MR) is 111 cm³/mol. The molecule has 1 aliphatic carbocycles. The van der Waals surface area contributed by atoms with Gasteiger partial charge in [-0.05, 0) is 60.9 Å². The molecule has 2 aliphatic heterocycles. The second-order valence-corrected chi connectivity index (χ2v) is 8.40. The van der Waals surface area contributed by atoms with Gasteiger partial charge < -0.3 is 9.47 Å². The zero-order valence-corrected chi connectivity index (χ0v) is 16.9. The number of nitrogens with zero attached hydrogens (tertiary/aromatic N) is 2. The number of hydrogen-bond acceptors (Lipinski definition) is 4. The van der Waals surface area contributed by atoms with Gasteiger partial charge in [-0.3, -0.25) is 0 Å². The van der Waals surface area contributed by atoms with Gasteiger partial charge in [-0.1, -0.05) is 30.9 Å². The van der Waals surface area contributed by atoms with Crippen LogP contribution in [0, 0.1) is 5.92 Å². The maximum absolute atomic E-state index is 6.50. The standard InChI is InChI=1S/C23H25ClN2O2/c1-27-18-10-7-15(8-11-18)20-14-21-19-13-17(24)9-12-22(19)28-23(26(21)25-20)16-5-3-2-4-6-16/h7-13,16,21,23H,2-6,14H2,1H3/t21-,23-/m0/s1. The van der Waals surface area contributed by atoms with Crippen LogP contribution < -0.4 is 9.47 Å². The highest BCUT2D eigenvalue weighted by Gasteiger charge is 2.43. The van der Waals surface area contributed by atoms with E-state index in [4.69, 9.17) is 26.2 Å². The Bertz CT molecular complexity index is 890. The Labute approximate surface area is 171 Å². The lowest BCUT2D eigenvalue weighted by Gasteiger charge is -2.42. The monoisotopic (exact) mass is 396 g/mol. The van der Waals surface area contributed by atoms with Crippen molar-refractivity contribution in [2.45, 2.75) is 50.8 Å². The Morgan fingerprint density at radius 2 is 1.86 bits per heavy atom. The molecule has 2 aromatic rings. The van der Waals surface area contributed by atoms with Crippen LogP contribution in [0.25, 0.3) is 0 Å². The summed E-state index contributed by atoms with van der Waals surface area (Å²) in [5.41, 5.74) is 3.39. The zero-order chi connectivity index (χ0) is 19.1. The van der Waals surface area contributed by atoms with E-state index in [1.807, 2.05) is 30.3 Å². The van der Waals surface area contributed by atoms with Crippen LogP contribution in [-0.2, 0) is 0 Å². The topological polar surface area (TPSA) is 34.1 Å². The molecule has 0 unspecified atom stereocenters. The Morgan fingerprint density at radius 3 is 2.61 bits per heavy atom. The fourth-order valence-corrected chi connectivity index (χ4v) is 4.96. The molecule has 3 aliphatic rings. The molecule has 0 bridgehead atoms. The predicted octanol–water partition coefficient (Wildman–Crippen LogP) is 5.80. The third kappa shape index (κ3) is 3.14. The third-order valence-electron chi connectivity index (χ3n) is 6.26. The Hall–Kier alpha value is -2.20. The van der Waals surface area contributed by atoms with Crippen LogP contribution in [0.3, 0.4) is 0 Å². The number of rotatable bonds is 3. The van der Waals surface area contributed by atoms with E-state index < -0.39 is 0 Å². The van der Waals surface area contributed by atoms with E-state index in [-0.39, 0.29) is 12.3 Å². The number of hydrazone groups is 1. The molecule has 2 aromatic carbocycles. The lowest BCUT2D eigenvalue weighted by atomic mass is 9.86. The van der Waals surface area contributed by atoms with Gasteiger partial charge in [0.15, 0.2) is 6.23 Å². The van der Waals surface area contributed by atoms with Crippen LogP contribution in [-0.4, -0.2) is 24.1 Å². The molecule has 28 heavy (non-hydrogen) atoms. The van der Waals surface area contributed by atoms with Crippen molar-refractivity contribution in [2.75, 3.05) is 7.11 Å². The first-order valence-corrected chi connectivity index (χ1v) is 10.6. The summed E-state index contributed by atoms with van der Waals surface area (Å²) < 4.78 is 11.8. The van der Waals surface area contributed by atoms with E-state index in [0.717, 1.165) is 39.8 Å². The molecular formula is C23H25ClN2O2. The molecule has 0 saturated heterocycles. The zero-order valence-electron chi connectivity index (χ0n) is 16.1. The first-order valence-electron chi connectivity index (χ1n) is 10.2. The highest BCUT2D eigenvalue weighted by molar-refractivity contribution is 6.30. The largest absolute Gasteiger partial charge is 0.497 e. The van der Waals surface area contributed by atoms with Gasteiger partial charge >= 0.3 is 0 Å². The summed E-state index contributed by atoms with van der Waals surface area (Å²) in [4.78, 5) is 0. The number of ether oxygens (including phenoxy) is 2. The summed E-state index contributed by atoms with van der Waals surface area (Å²) in [5, 5.41) is 8.03. The molecule has 5 rings (SSSR count). The van der Waals surface area contributed by atoms with Crippen molar-refractivity contribution in [3.8, 4) is 11.5 Å². The van der Waals surface area contributed by atoms with Crippen molar-refractivity contribution in [2.24, 2.45) is 11.0 Å². The molecule has 0 spiro atoms. The summed E-state index contributed by atoms with van der Waals surface area (Å²) in [5.74, 6) is 2.35. The van der Waals surface area contributed by atoms with Gasteiger partial charge in [-0.2, -0.15) is 5.10 Å². The summed E-state index contributed by atoms with van der Waals surface area (Å²) in [6.07, 6.45) is 7.20. The highest BCUT2D eigenvalue weighted by atomic mass is 35.5. The SMILES string of the molecule is COc1ccc(C2=NN3[C@@H](C2)c2cc(Cl)ccc2O[C@H]3C2CCCCC2)cc1. The van der Waals surface area contributed by atoms with Gasteiger partial charge in [0.1, 0.15) is 11.5 Å².